The quantitative estimate of drug-likeness (QED) is 0.262. The van der Waals surface area contributed by atoms with Gasteiger partial charge in [-0.3, -0.25) is 9.89 Å². The van der Waals surface area contributed by atoms with Gasteiger partial charge in [-0.1, -0.05) is 17.7 Å². The lowest BCUT2D eigenvalue weighted by Crippen LogP contribution is -2.52. The van der Waals surface area contributed by atoms with E-state index >= 15 is 0 Å². The summed E-state index contributed by atoms with van der Waals surface area (Å²) in [5.74, 6) is -0.361. The minimum absolute atomic E-state index is 0.193. The maximum atomic E-state index is 12.3. The highest BCUT2D eigenvalue weighted by Crippen LogP contribution is 2.17. The van der Waals surface area contributed by atoms with E-state index in [2.05, 4.69) is 20.8 Å². The molecule has 1 atom stereocenters. The second kappa shape index (κ2) is 9.24. The standard InChI is InChI=1S/C18H22B3ClN6O2/c1-17(19,30)15-7-14(27-28-15)16(29)25-9-18(20,21)26-5-4-13(24)10-2-3-11(8-23)12(22)6-10/h2-7,24,26,30H,9,19-21H2,1H3,(H,25,29)(H,27,28)/b5-4-,24-13?. The van der Waals surface area contributed by atoms with Gasteiger partial charge in [0, 0.05) is 12.1 Å². The van der Waals surface area contributed by atoms with Gasteiger partial charge < -0.3 is 21.1 Å². The molecule has 0 saturated carbocycles. The van der Waals surface area contributed by atoms with Crippen LogP contribution in [0.5, 0.6) is 0 Å². The van der Waals surface area contributed by atoms with Crippen LogP contribution >= 0.6 is 11.6 Å². The number of halogens is 1. The monoisotopic (exact) mass is 422 g/mol. The first-order valence-corrected chi connectivity index (χ1v) is 9.60. The number of aromatic amines is 1. The van der Waals surface area contributed by atoms with Crippen molar-refractivity contribution in [2.75, 3.05) is 6.54 Å². The topological polar surface area (TPSA) is 138 Å². The molecule has 30 heavy (non-hydrogen) atoms. The first kappa shape index (κ1) is 23.3. The van der Waals surface area contributed by atoms with Crippen LogP contribution in [-0.4, -0.2) is 62.3 Å². The van der Waals surface area contributed by atoms with Gasteiger partial charge in [0.2, 0.25) is 0 Å². The molecule has 2 rings (SSSR count). The molecule has 5 N–H and O–H groups in total. The van der Waals surface area contributed by atoms with Crippen molar-refractivity contribution < 1.29 is 9.90 Å². The van der Waals surface area contributed by atoms with Crippen LogP contribution in [0.25, 0.3) is 0 Å². The molecule has 152 valence electrons. The largest absolute Gasteiger partial charge is 0.399 e. The fraction of sp³-hybridized carbons (Fsp3) is 0.222. The fourth-order valence-corrected chi connectivity index (χ4v) is 2.64. The number of benzene rings is 1. The Labute approximate surface area is 182 Å². The highest BCUT2D eigenvalue weighted by molar-refractivity contribution is 6.40. The van der Waals surface area contributed by atoms with Gasteiger partial charge in [0.1, 0.15) is 27.5 Å². The van der Waals surface area contributed by atoms with Gasteiger partial charge in [-0.2, -0.15) is 10.4 Å². The first-order valence-electron chi connectivity index (χ1n) is 9.22. The van der Waals surface area contributed by atoms with E-state index < -0.39 is 10.8 Å². The van der Waals surface area contributed by atoms with Crippen LogP contribution in [0.3, 0.4) is 0 Å². The average molecular weight is 422 g/mol. The van der Waals surface area contributed by atoms with Gasteiger partial charge in [0.05, 0.1) is 27.5 Å². The van der Waals surface area contributed by atoms with Crippen LogP contribution in [0.15, 0.2) is 36.5 Å². The lowest BCUT2D eigenvalue weighted by atomic mass is 9.62. The van der Waals surface area contributed by atoms with Gasteiger partial charge in [0.15, 0.2) is 7.85 Å². The molecule has 1 aromatic carbocycles. The number of aliphatic hydroxyl groups is 1. The minimum atomic E-state index is -1.11. The molecule has 1 unspecified atom stereocenters. The molecule has 12 heteroatoms. The summed E-state index contributed by atoms with van der Waals surface area (Å²) < 4.78 is 0. The third-order valence-corrected chi connectivity index (χ3v) is 4.60. The summed E-state index contributed by atoms with van der Waals surface area (Å²) in [5.41, 5.74) is 0.709. The van der Waals surface area contributed by atoms with Crippen molar-refractivity contribution in [1.82, 2.24) is 20.8 Å². The highest BCUT2D eigenvalue weighted by Gasteiger charge is 2.22. The van der Waals surface area contributed by atoms with Crippen molar-refractivity contribution in [3.05, 3.63) is 64.1 Å². The Morgan fingerprint density at radius 1 is 1.43 bits per heavy atom. The predicted molar refractivity (Wildman–Crippen MR) is 124 cm³/mol. The third kappa shape index (κ3) is 6.27. The zero-order chi connectivity index (χ0) is 22.5. The smallest absolute Gasteiger partial charge is 0.271 e. The van der Waals surface area contributed by atoms with Crippen LogP contribution < -0.4 is 10.6 Å². The zero-order valence-corrected chi connectivity index (χ0v) is 18.1. The van der Waals surface area contributed by atoms with E-state index in [1.807, 2.05) is 21.8 Å². The van der Waals surface area contributed by atoms with Crippen molar-refractivity contribution in [2.45, 2.75) is 17.8 Å². The molecule has 0 spiro atoms. The van der Waals surface area contributed by atoms with Crippen molar-refractivity contribution in [3.63, 3.8) is 0 Å². The molecule has 1 amide bonds. The van der Waals surface area contributed by atoms with E-state index in [1.54, 1.807) is 45.2 Å². The number of aromatic nitrogens is 2. The number of nitrogens with zero attached hydrogens (tertiary/aromatic N) is 2. The van der Waals surface area contributed by atoms with Crippen molar-refractivity contribution in [3.8, 4) is 6.07 Å². The molecule has 0 bridgehead atoms. The van der Waals surface area contributed by atoms with Crippen LogP contribution in [0.2, 0.25) is 5.02 Å². The summed E-state index contributed by atoms with van der Waals surface area (Å²) in [4.78, 5) is 12.3. The van der Waals surface area contributed by atoms with Gasteiger partial charge in [-0.15, -0.1) is 0 Å². The molecule has 1 heterocycles. The number of hydrogen-bond acceptors (Lipinski definition) is 6. The molecule has 2 aromatic rings. The summed E-state index contributed by atoms with van der Waals surface area (Å²) in [5, 5.41) is 39.3. The zero-order valence-electron chi connectivity index (χ0n) is 17.3. The number of H-pyrrole nitrogens is 1. The lowest BCUT2D eigenvalue weighted by molar-refractivity contribution is 0.0946. The van der Waals surface area contributed by atoms with E-state index in [9.17, 15) is 9.90 Å². The Morgan fingerprint density at radius 2 is 2.13 bits per heavy atom. The lowest BCUT2D eigenvalue weighted by Gasteiger charge is -2.25. The molecule has 8 nitrogen and oxygen atoms in total. The number of allylic oxidation sites excluding steroid dienone is 1. The van der Waals surface area contributed by atoms with Gasteiger partial charge in [-0.05, 0) is 42.7 Å². The number of amides is 1. The van der Waals surface area contributed by atoms with Crippen LogP contribution in [0, 0.1) is 16.7 Å². The summed E-state index contributed by atoms with van der Waals surface area (Å²) >= 11 is 6.01. The Balaban J connectivity index is 1.91. The Bertz CT molecular complexity index is 1020. The number of nitrogens with one attached hydrogen (secondary N) is 4. The number of carbonyl (C=O) groups is 1. The van der Waals surface area contributed by atoms with E-state index in [4.69, 9.17) is 22.3 Å². The van der Waals surface area contributed by atoms with Gasteiger partial charge >= 0.3 is 0 Å². The molecular weight excluding hydrogens is 400 g/mol. The molecule has 0 radical (unpaired) electrons. The second-order valence-electron chi connectivity index (χ2n) is 7.99. The predicted octanol–water partition coefficient (Wildman–Crippen LogP) is -1.45. The summed E-state index contributed by atoms with van der Waals surface area (Å²) in [7, 11) is 5.39. The molecule has 0 aliphatic rings. The summed E-state index contributed by atoms with van der Waals surface area (Å²) in [6.45, 7) is 1.90. The van der Waals surface area contributed by atoms with E-state index in [1.165, 1.54) is 6.07 Å². The Morgan fingerprint density at radius 3 is 2.70 bits per heavy atom. The van der Waals surface area contributed by atoms with Crippen LogP contribution in [-0.2, 0) is 5.50 Å². The number of carbonyl (C=O) groups excluding carboxylic acids is 1. The van der Waals surface area contributed by atoms with E-state index in [-0.39, 0.29) is 17.3 Å². The highest BCUT2D eigenvalue weighted by atomic mass is 35.5. The molecule has 0 fully saturated rings. The van der Waals surface area contributed by atoms with Gasteiger partial charge in [-0.25, -0.2) is 0 Å². The number of nitriles is 1. The normalized spacial score (nSPS) is 13.4. The van der Waals surface area contributed by atoms with E-state index in [0.717, 1.165) is 0 Å². The van der Waals surface area contributed by atoms with Gasteiger partial charge in [0.25, 0.3) is 5.91 Å². The fourth-order valence-electron chi connectivity index (χ4n) is 2.41. The molecule has 0 aliphatic heterocycles. The molecular formula is C18H22B3ClN6O2. The van der Waals surface area contributed by atoms with Crippen molar-refractivity contribution in [2.24, 2.45) is 0 Å². The Kier molecular flexibility index (Phi) is 7.19. The number of hydrogen-bond donors (Lipinski definition) is 5. The van der Waals surface area contributed by atoms with Crippen LogP contribution in [0.4, 0.5) is 0 Å². The number of rotatable bonds is 8. The van der Waals surface area contributed by atoms with Crippen LogP contribution in [0.1, 0.15) is 34.2 Å². The summed E-state index contributed by atoms with van der Waals surface area (Å²) in [6, 6.07) is 8.30. The van der Waals surface area contributed by atoms with Crippen molar-refractivity contribution >= 4 is 46.8 Å². The maximum Gasteiger partial charge on any atom is 0.271 e. The summed E-state index contributed by atoms with van der Waals surface area (Å²) in [6.07, 6.45) is 3.20. The average Bonchev–Trinajstić information content (AvgIpc) is 3.16. The SMILES string of the molecule is BC(B)(CNC(=O)c1cc(C(B)(C)O)[nH]n1)N/C=C\C(=N)c1ccc(C#N)c(Cl)c1. The first-order chi connectivity index (χ1) is 13.9. The minimum Gasteiger partial charge on any atom is -0.399 e. The maximum absolute atomic E-state index is 12.3. The molecule has 1 aromatic heterocycles. The third-order valence-electron chi connectivity index (χ3n) is 4.29. The Hall–Kier alpha value is -2.96. The van der Waals surface area contributed by atoms with E-state index in [0.29, 0.717) is 28.4 Å². The molecule has 0 aliphatic carbocycles. The van der Waals surface area contributed by atoms with Crippen molar-refractivity contribution in [1.29, 1.82) is 10.7 Å². The second-order valence-corrected chi connectivity index (χ2v) is 8.40. The molecule has 0 saturated heterocycles.